The molecule has 70 valence electrons. The van der Waals surface area contributed by atoms with Gasteiger partial charge in [0.25, 0.3) is 0 Å². The van der Waals surface area contributed by atoms with Gasteiger partial charge in [-0.05, 0) is 0 Å². The van der Waals surface area contributed by atoms with Crippen LogP contribution in [0, 0.1) is 0 Å². The second kappa shape index (κ2) is 6.83. The van der Waals surface area contributed by atoms with Crippen LogP contribution in [0.3, 0.4) is 0 Å². The molecular weight excluding hydrogens is 186 g/mol. The molecule has 0 aliphatic heterocycles. The van der Waals surface area contributed by atoms with Gasteiger partial charge in [0, 0.05) is 14.2 Å². The van der Waals surface area contributed by atoms with E-state index >= 15 is 0 Å². The van der Waals surface area contributed by atoms with E-state index in [1.165, 1.54) is 14.2 Å². The smallest absolute Gasteiger partial charge is 1.00 e. The normalized spacial score (nSPS) is 13.6. The second-order valence-electron chi connectivity index (χ2n) is 1.61. The van der Waals surface area contributed by atoms with E-state index in [2.05, 4.69) is 13.7 Å². The van der Waals surface area contributed by atoms with Gasteiger partial charge in [-0.2, -0.15) is 8.42 Å². The van der Waals surface area contributed by atoms with Crippen molar-refractivity contribution in [3.63, 3.8) is 0 Å². The third kappa shape index (κ3) is 8.45. The molecule has 0 bridgehead atoms. The number of ether oxygens (including phenoxy) is 2. The summed E-state index contributed by atoms with van der Waals surface area (Å²) in [5, 5.41) is 0. The first-order chi connectivity index (χ1) is 4.99. The maximum atomic E-state index is 11.8. The Morgan fingerprint density at radius 1 is 1.50 bits per heavy atom. The van der Waals surface area contributed by atoms with Crippen LogP contribution in [-0.2, 0) is 24.2 Å². The van der Waals surface area contributed by atoms with Crippen molar-refractivity contribution in [1.82, 2.24) is 0 Å². The molecule has 1 unspecified atom stereocenters. The molecule has 12 heavy (non-hydrogen) atoms. The van der Waals surface area contributed by atoms with Crippen LogP contribution in [0.5, 0.6) is 0 Å². The van der Waals surface area contributed by atoms with Crippen LogP contribution in [-0.4, -0.2) is 35.5 Å². The molecular formula is C4H10FLiO5S. The van der Waals surface area contributed by atoms with Gasteiger partial charge in [0.2, 0.25) is 6.29 Å². The summed E-state index contributed by atoms with van der Waals surface area (Å²) in [4.78, 5) is 0. The molecule has 0 saturated carbocycles. The van der Waals surface area contributed by atoms with Crippen LogP contribution in [0.4, 0.5) is 3.89 Å². The minimum Gasteiger partial charge on any atom is -1.00 e. The van der Waals surface area contributed by atoms with Crippen molar-refractivity contribution in [2.75, 3.05) is 20.8 Å². The van der Waals surface area contributed by atoms with Crippen LogP contribution >= 0.6 is 0 Å². The predicted molar refractivity (Wildman–Crippen MR) is 34.9 cm³/mol. The molecule has 0 rings (SSSR count). The van der Waals surface area contributed by atoms with Crippen molar-refractivity contribution >= 4 is 10.5 Å². The first-order valence-corrected chi connectivity index (χ1v) is 3.95. The van der Waals surface area contributed by atoms with E-state index in [0.29, 0.717) is 0 Å². The molecule has 5 nitrogen and oxygen atoms in total. The molecule has 0 heterocycles. The molecule has 0 N–H and O–H groups in total. The number of halogens is 1. The van der Waals surface area contributed by atoms with Crippen LogP contribution in [0.15, 0.2) is 0 Å². The van der Waals surface area contributed by atoms with Gasteiger partial charge in [0.15, 0.2) is 0 Å². The second-order valence-corrected chi connectivity index (χ2v) is 2.59. The maximum absolute atomic E-state index is 11.8. The van der Waals surface area contributed by atoms with E-state index in [4.69, 9.17) is 0 Å². The van der Waals surface area contributed by atoms with E-state index in [-0.39, 0.29) is 26.9 Å². The fraction of sp³-hybridized carbons (Fsp3) is 1.00. The van der Waals surface area contributed by atoms with Crippen molar-refractivity contribution in [2.24, 2.45) is 0 Å². The number of hydrogen-bond acceptors (Lipinski definition) is 5. The third-order valence-electron chi connectivity index (χ3n) is 0.788. The fourth-order valence-electron chi connectivity index (χ4n) is 0.399. The topological polar surface area (TPSA) is 61.8 Å². The quantitative estimate of drug-likeness (QED) is 0.265. The molecule has 0 aliphatic carbocycles. The van der Waals surface area contributed by atoms with Gasteiger partial charge < -0.3 is 10.9 Å². The molecule has 0 amide bonds. The Labute approximate surface area is 84.3 Å². The van der Waals surface area contributed by atoms with E-state index in [1.54, 1.807) is 0 Å². The summed E-state index contributed by atoms with van der Waals surface area (Å²) in [6, 6.07) is 0. The van der Waals surface area contributed by atoms with Crippen molar-refractivity contribution in [3.05, 3.63) is 0 Å². The average Bonchev–Trinajstić information content (AvgIpc) is 1.84. The Balaban J connectivity index is -0.000000500. The summed E-state index contributed by atoms with van der Waals surface area (Å²) >= 11 is 0. The van der Waals surface area contributed by atoms with E-state index < -0.39 is 16.8 Å². The summed E-state index contributed by atoms with van der Waals surface area (Å²) in [5.41, 5.74) is 0. The molecule has 1 atom stereocenters. The summed E-state index contributed by atoms with van der Waals surface area (Å²) < 4.78 is 44.1. The fourth-order valence-corrected chi connectivity index (χ4v) is 0.790. The standard InChI is InChI=1S/C4H9FO5S.Li.H/c1-8-3-4(9-2)10-11(5,6)7;;/h4H,3H2,1-2H3;;/q;+1;-1. The maximum Gasteiger partial charge on any atom is 1.00 e. The Morgan fingerprint density at radius 3 is 2.25 bits per heavy atom. The van der Waals surface area contributed by atoms with Gasteiger partial charge in [-0.3, -0.25) is 0 Å². The van der Waals surface area contributed by atoms with Gasteiger partial charge in [-0.1, -0.05) is 3.89 Å². The Kier molecular flexibility index (Phi) is 8.46. The number of hydrogen-bond donors (Lipinski definition) is 0. The van der Waals surface area contributed by atoms with E-state index in [1.807, 2.05) is 0 Å². The Morgan fingerprint density at radius 2 is 2.00 bits per heavy atom. The molecule has 0 radical (unpaired) electrons. The van der Waals surface area contributed by atoms with Crippen molar-refractivity contribution in [2.45, 2.75) is 6.29 Å². The van der Waals surface area contributed by atoms with Crippen molar-refractivity contribution in [1.29, 1.82) is 0 Å². The van der Waals surface area contributed by atoms with Crippen LogP contribution in [0.1, 0.15) is 1.43 Å². The van der Waals surface area contributed by atoms with Crippen molar-refractivity contribution < 1.29 is 46.2 Å². The molecule has 0 aliphatic rings. The van der Waals surface area contributed by atoms with Gasteiger partial charge in [-0.25, -0.2) is 4.18 Å². The molecule has 0 aromatic heterocycles. The van der Waals surface area contributed by atoms with Gasteiger partial charge in [-0.15, -0.1) is 0 Å². The zero-order valence-electron chi connectivity index (χ0n) is 8.11. The van der Waals surface area contributed by atoms with Crippen LogP contribution in [0.2, 0.25) is 0 Å². The minimum absolute atomic E-state index is 0. The number of methoxy groups -OCH3 is 2. The largest absolute Gasteiger partial charge is 1.00 e. The molecule has 0 aromatic carbocycles. The van der Waals surface area contributed by atoms with Gasteiger partial charge in [0.1, 0.15) is 0 Å². The van der Waals surface area contributed by atoms with Gasteiger partial charge in [0.05, 0.1) is 6.61 Å². The molecule has 8 heteroatoms. The minimum atomic E-state index is -4.96. The van der Waals surface area contributed by atoms with Crippen LogP contribution in [0.25, 0.3) is 0 Å². The predicted octanol–water partition coefficient (Wildman–Crippen LogP) is -3.05. The summed E-state index contributed by atoms with van der Waals surface area (Å²) in [6.45, 7) is -0.153. The van der Waals surface area contributed by atoms with E-state index in [0.717, 1.165) is 0 Å². The summed E-state index contributed by atoms with van der Waals surface area (Å²) in [6.07, 6.45) is -1.23. The Bertz CT molecular complexity index is 199. The van der Waals surface area contributed by atoms with E-state index in [9.17, 15) is 12.3 Å². The third-order valence-corrected chi connectivity index (χ3v) is 1.23. The zero-order chi connectivity index (χ0) is 8.91. The first-order valence-electron chi connectivity index (χ1n) is 2.64. The van der Waals surface area contributed by atoms with Crippen LogP contribution < -0.4 is 18.9 Å². The first kappa shape index (κ1) is 14.9. The Hall–Kier alpha value is 0.357. The SMILES string of the molecule is COCC(OC)OS(=O)(=O)F.[H-].[Li+]. The van der Waals surface area contributed by atoms with Crippen molar-refractivity contribution in [3.8, 4) is 0 Å². The average molecular weight is 196 g/mol. The molecule has 0 fully saturated rings. The zero-order valence-corrected chi connectivity index (χ0v) is 7.93. The summed E-state index contributed by atoms with van der Waals surface area (Å²) in [5.74, 6) is 0. The summed E-state index contributed by atoms with van der Waals surface area (Å²) in [7, 11) is -2.48. The molecule has 0 saturated heterocycles. The molecule has 0 spiro atoms. The number of rotatable bonds is 5. The monoisotopic (exact) mass is 196 g/mol. The molecule has 0 aromatic rings. The van der Waals surface area contributed by atoms with Gasteiger partial charge >= 0.3 is 29.4 Å².